The first-order valence-corrected chi connectivity index (χ1v) is 9.31. The Bertz CT molecular complexity index is 1100. The van der Waals surface area contributed by atoms with E-state index in [1.165, 1.54) is 21.9 Å². The molecule has 152 valence electrons. The van der Waals surface area contributed by atoms with Gasteiger partial charge in [-0.05, 0) is 37.6 Å². The van der Waals surface area contributed by atoms with Gasteiger partial charge in [0.2, 0.25) is 0 Å². The predicted molar refractivity (Wildman–Crippen MR) is 109 cm³/mol. The van der Waals surface area contributed by atoms with Gasteiger partial charge in [-0.3, -0.25) is 29.0 Å². The average molecular weight is 397 g/mol. The molecule has 3 heterocycles. The van der Waals surface area contributed by atoms with Gasteiger partial charge in [-0.15, -0.1) is 0 Å². The number of aromatic amines is 1. The fourth-order valence-electron chi connectivity index (χ4n) is 2.94. The number of nitrogen functional groups attached to an aromatic ring is 1. The predicted octanol–water partition coefficient (Wildman–Crippen LogP) is 2.06. The van der Waals surface area contributed by atoms with Gasteiger partial charge < -0.3 is 10.2 Å². The number of amides is 1. The maximum absolute atomic E-state index is 13.2. The lowest BCUT2D eigenvalue weighted by Crippen LogP contribution is -2.41. The monoisotopic (exact) mass is 397 g/mol. The number of aromatic nitrogens is 3. The van der Waals surface area contributed by atoms with Gasteiger partial charge in [-0.25, -0.2) is 4.79 Å². The van der Waals surface area contributed by atoms with Crippen LogP contribution in [0.15, 0.2) is 50.7 Å². The van der Waals surface area contributed by atoms with Gasteiger partial charge in [-0.2, -0.15) is 0 Å². The Morgan fingerprint density at radius 1 is 1.31 bits per heavy atom. The average Bonchev–Trinajstić information content (AvgIpc) is 3.20. The second-order valence-electron chi connectivity index (χ2n) is 6.66. The van der Waals surface area contributed by atoms with Crippen LogP contribution in [0.25, 0.3) is 0 Å². The van der Waals surface area contributed by atoms with Crippen molar-refractivity contribution in [2.45, 2.75) is 39.8 Å². The minimum absolute atomic E-state index is 0.0288. The van der Waals surface area contributed by atoms with Crippen LogP contribution in [-0.4, -0.2) is 20.4 Å². The number of carbonyl (C=O) groups excluding carboxylic acids is 1. The molecular weight excluding hydrogens is 374 g/mol. The van der Waals surface area contributed by atoms with Gasteiger partial charge >= 0.3 is 5.69 Å². The Labute approximate surface area is 166 Å². The third kappa shape index (κ3) is 4.29. The molecule has 0 atom stereocenters. The minimum atomic E-state index is -0.736. The number of nitrogens with one attached hydrogen (secondary N) is 1. The summed E-state index contributed by atoms with van der Waals surface area (Å²) in [7, 11) is 0. The fourth-order valence-corrected chi connectivity index (χ4v) is 2.94. The zero-order chi connectivity index (χ0) is 21.0. The molecule has 0 fully saturated rings. The van der Waals surface area contributed by atoms with E-state index in [-0.39, 0.29) is 23.6 Å². The summed E-state index contributed by atoms with van der Waals surface area (Å²) < 4.78 is 6.63. The molecule has 0 aliphatic rings. The molecule has 0 radical (unpaired) electrons. The summed E-state index contributed by atoms with van der Waals surface area (Å²) in [5, 5.41) is 0. The maximum atomic E-state index is 13.2. The van der Waals surface area contributed by atoms with E-state index in [9.17, 15) is 14.4 Å². The minimum Gasteiger partial charge on any atom is -0.467 e. The molecule has 0 aliphatic carbocycles. The third-order valence-corrected chi connectivity index (χ3v) is 4.52. The molecular formula is C20H23N5O4. The molecule has 0 saturated heterocycles. The van der Waals surface area contributed by atoms with Crippen LogP contribution in [0.1, 0.15) is 41.6 Å². The Balaban J connectivity index is 2.13. The van der Waals surface area contributed by atoms with Crippen molar-refractivity contribution in [3.63, 3.8) is 0 Å². The molecule has 9 nitrogen and oxygen atoms in total. The zero-order valence-electron chi connectivity index (χ0n) is 16.3. The number of anilines is 2. The van der Waals surface area contributed by atoms with Gasteiger partial charge in [0.1, 0.15) is 11.6 Å². The molecule has 3 rings (SSSR count). The van der Waals surface area contributed by atoms with Crippen molar-refractivity contribution in [3.8, 4) is 0 Å². The van der Waals surface area contributed by atoms with Crippen molar-refractivity contribution in [3.05, 3.63) is 74.6 Å². The van der Waals surface area contributed by atoms with E-state index in [4.69, 9.17) is 10.2 Å². The van der Waals surface area contributed by atoms with Gasteiger partial charge in [0.05, 0.1) is 18.4 Å². The number of hydrogen-bond donors (Lipinski definition) is 2. The molecule has 0 aliphatic heterocycles. The number of rotatable bonds is 7. The largest absolute Gasteiger partial charge is 0.467 e. The normalized spacial score (nSPS) is 10.8. The van der Waals surface area contributed by atoms with Crippen molar-refractivity contribution in [2.75, 3.05) is 10.6 Å². The first-order chi connectivity index (χ1) is 13.9. The Hall–Kier alpha value is -3.62. The summed E-state index contributed by atoms with van der Waals surface area (Å²) in [6.45, 7) is 4.09. The first kappa shape index (κ1) is 20.1. The lowest BCUT2D eigenvalue weighted by Gasteiger charge is -2.23. The Morgan fingerprint density at radius 3 is 2.72 bits per heavy atom. The molecule has 0 saturated carbocycles. The topological polar surface area (TPSA) is 127 Å². The van der Waals surface area contributed by atoms with Crippen molar-refractivity contribution in [1.29, 1.82) is 0 Å². The fraction of sp³-hybridized carbons (Fsp3) is 0.300. The molecule has 3 aromatic rings. The van der Waals surface area contributed by atoms with Crippen LogP contribution in [0, 0.1) is 6.92 Å². The van der Waals surface area contributed by atoms with Gasteiger partial charge in [-0.1, -0.05) is 13.3 Å². The lowest BCUT2D eigenvalue weighted by molar-refractivity contribution is 0.0982. The van der Waals surface area contributed by atoms with Crippen LogP contribution in [0.5, 0.6) is 0 Å². The number of nitrogens with zero attached hydrogens (tertiary/aromatic N) is 3. The van der Waals surface area contributed by atoms with E-state index >= 15 is 0 Å². The highest BCUT2D eigenvalue weighted by Crippen LogP contribution is 2.22. The highest BCUT2D eigenvalue weighted by molar-refractivity contribution is 6.06. The summed E-state index contributed by atoms with van der Waals surface area (Å²) in [6, 6.07) is 6.69. The molecule has 3 N–H and O–H groups in total. The van der Waals surface area contributed by atoms with Crippen molar-refractivity contribution in [2.24, 2.45) is 0 Å². The maximum Gasteiger partial charge on any atom is 0.330 e. The van der Waals surface area contributed by atoms with E-state index < -0.39 is 17.2 Å². The molecule has 1 amide bonds. The van der Waals surface area contributed by atoms with Crippen molar-refractivity contribution < 1.29 is 9.21 Å². The second kappa shape index (κ2) is 8.59. The van der Waals surface area contributed by atoms with Gasteiger partial charge in [0, 0.05) is 18.4 Å². The van der Waals surface area contributed by atoms with Gasteiger partial charge in [0.15, 0.2) is 5.69 Å². The number of hydrogen-bond acceptors (Lipinski definition) is 6. The van der Waals surface area contributed by atoms with Crippen molar-refractivity contribution >= 4 is 17.4 Å². The van der Waals surface area contributed by atoms with E-state index in [1.807, 2.05) is 6.92 Å². The first-order valence-electron chi connectivity index (χ1n) is 9.31. The van der Waals surface area contributed by atoms with E-state index in [0.717, 1.165) is 12.1 Å². The quantitative estimate of drug-likeness (QED) is 0.628. The summed E-state index contributed by atoms with van der Waals surface area (Å²) in [4.78, 5) is 45.8. The smallest absolute Gasteiger partial charge is 0.330 e. The number of carbonyl (C=O) groups is 1. The van der Waals surface area contributed by atoms with E-state index in [1.54, 1.807) is 31.2 Å². The van der Waals surface area contributed by atoms with E-state index in [2.05, 4.69) is 9.97 Å². The molecule has 0 aromatic carbocycles. The Kier molecular flexibility index (Phi) is 5.96. The van der Waals surface area contributed by atoms with Gasteiger partial charge in [0.25, 0.3) is 11.5 Å². The SMILES string of the molecule is CCCCn1c(N)c(N(Cc2ccco2)C(=O)c2ccc(C)nc2)c(=O)[nH]c1=O. The second-order valence-corrected chi connectivity index (χ2v) is 6.66. The number of unbranched alkanes of at least 4 members (excludes halogenated alkanes) is 1. The summed E-state index contributed by atoms with van der Waals surface area (Å²) in [6.07, 6.45) is 4.44. The number of H-pyrrole nitrogens is 1. The van der Waals surface area contributed by atoms with Crippen LogP contribution in [-0.2, 0) is 13.1 Å². The number of furan rings is 1. The molecule has 29 heavy (non-hydrogen) atoms. The zero-order valence-corrected chi connectivity index (χ0v) is 16.3. The molecule has 3 aromatic heterocycles. The van der Waals surface area contributed by atoms with Crippen LogP contribution in [0.3, 0.4) is 0 Å². The van der Waals surface area contributed by atoms with Crippen LogP contribution >= 0.6 is 0 Å². The third-order valence-electron chi connectivity index (χ3n) is 4.52. The van der Waals surface area contributed by atoms with Crippen LogP contribution in [0.4, 0.5) is 11.5 Å². The van der Waals surface area contributed by atoms with Crippen LogP contribution < -0.4 is 21.9 Å². The van der Waals surface area contributed by atoms with E-state index in [0.29, 0.717) is 18.7 Å². The highest BCUT2D eigenvalue weighted by atomic mass is 16.3. The Morgan fingerprint density at radius 2 is 2.10 bits per heavy atom. The lowest BCUT2D eigenvalue weighted by atomic mass is 10.2. The number of pyridine rings is 1. The molecule has 9 heteroatoms. The summed E-state index contributed by atoms with van der Waals surface area (Å²) >= 11 is 0. The number of nitrogens with two attached hydrogens (primary N) is 1. The summed E-state index contributed by atoms with van der Waals surface area (Å²) in [5.41, 5.74) is 5.80. The molecule has 0 bridgehead atoms. The highest BCUT2D eigenvalue weighted by Gasteiger charge is 2.26. The molecule has 0 unspecified atom stereocenters. The molecule has 0 spiro atoms. The van der Waals surface area contributed by atoms with Crippen molar-refractivity contribution in [1.82, 2.24) is 14.5 Å². The standard InChI is InChI=1S/C20H23N5O4/c1-3-4-9-24-17(21)16(18(26)23-20(24)28)25(12-15-6-5-10-29-15)19(27)14-8-7-13(2)22-11-14/h5-8,10-11H,3-4,9,12,21H2,1-2H3,(H,23,26,28). The summed E-state index contributed by atoms with van der Waals surface area (Å²) in [5.74, 6) is -0.0810. The number of aryl methyl sites for hydroxylation is 1. The van der Waals surface area contributed by atoms with Crippen LogP contribution in [0.2, 0.25) is 0 Å².